The SMILES string of the molecule is [B]C1OC(CCC)C(O)C1O. The van der Waals surface area contributed by atoms with Crippen LogP contribution in [0.2, 0.25) is 0 Å². The Morgan fingerprint density at radius 2 is 2.00 bits per heavy atom. The van der Waals surface area contributed by atoms with Crippen LogP contribution >= 0.6 is 0 Å². The molecule has 0 spiro atoms. The average Bonchev–Trinajstić information content (AvgIpc) is 2.19. The molecule has 2 radical (unpaired) electrons. The zero-order chi connectivity index (χ0) is 8.43. The lowest BCUT2D eigenvalue weighted by Gasteiger charge is -2.12. The average molecular weight is 156 g/mol. The maximum absolute atomic E-state index is 9.30. The van der Waals surface area contributed by atoms with Crippen LogP contribution in [0.5, 0.6) is 0 Å². The fourth-order valence-corrected chi connectivity index (χ4v) is 1.30. The van der Waals surface area contributed by atoms with E-state index in [2.05, 4.69) is 0 Å². The lowest BCUT2D eigenvalue weighted by atomic mass is 9.93. The molecule has 4 heteroatoms. The molecule has 1 saturated heterocycles. The summed E-state index contributed by atoms with van der Waals surface area (Å²) < 4.78 is 5.10. The fourth-order valence-electron chi connectivity index (χ4n) is 1.30. The minimum atomic E-state index is -0.924. The lowest BCUT2D eigenvalue weighted by molar-refractivity contribution is 0.0181. The number of hydrogen-bond donors (Lipinski definition) is 2. The Labute approximate surface area is 67.8 Å². The van der Waals surface area contributed by atoms with E-state index in [0.29, 0.717) is 0 Å². The van der Waals surface area contributed by atoms with Crippen molar-refractivity contribution in [1.29, 1.82) is 0 Å². The Balaban J connectivity index is 2.45. The van der Waals surface area contributed by atoms with E-state index >= 15 is 0 Å². The van der Waals surface area contributed by atoms with Crippen LogP contribution in [0.1, 0.15) is 19.8 Å². The Morgan fingerprint density at radius 1 is 1.36 bits per heavy atom. The molecule has 11 heavy (non-hydrogen) atoms. The standard InChI is InChI=1S/C7H13BO3/c1-2-3-4-5(9)6(10)7(8)11-4/h4-7,9-10H,2-3H2,1H3. The molecule has 2 N–H and O–H groups in total. The van der Waals surface area contributed by atoms with Gasteiger partial charge in [-0.25, -0.2) is 0 Å². The number of rotatable bonds is 2. The molecule has 0 bridgehead atoms. The number of ether oxygens (including phenoxy) is 1. The molecule has 62 valence electrons. The molecule has 0 aromatic rings. The molecule has 4 atom stereocenters. The van der Waals surface area contributed by atoms with Gasteiger partial charge in [-0.05, 0) is 6.42 Å². The Kier molecular flexibility index (Phi) is 2.93. The zero-order valence-electron chi connectivity index (χ0n) is 6.60. The van der Waals surface area contributed by atoms with Gasteiger partial charge in [0.25, 0.3) is 0 Å². The van der Waals surface area contributed by atoms with E-state index < -0.39 is 18.2 Å². The quantitative estimate of drug-likeness (QED) is 0.525. The van der Waals surface area contributed by atoms with Crippen LogP contribution in [0, 0.1) is 0 Å². The van der Waals surface area contributed by atoms with Crippen LogP contribution in [-0.4, -0.2) is 42.4 Å². The van der Waals surface area contributed by atoms with E-state index in [9.17, 15) is 5.11 Å². The Bertz CT molecular complexity index is 131. The topological polar surface area (TPSA) is 49.7 Å². The second kappa shape index (κ2) is 3.56. The molecular formula is C7H13BO3. The van der Waals surface area contributed by atoms with Crippen molar-refractivity contribution >= 4 is 7.85 Å². The first-order valence-electron chi connectivity index (χ1n) is 3.94. The molecule has 0 aromatic heterocycles. The summed E-state index contributed by atoms with van der Waals surface area (Å²) in [6, 6.07) is -0.721. The predicted molar refractivity (Wildman–Crippen MR) is 41.3 cm³/mol. The molecule has 0 amide bonds. The predicted octanol–water partition coefficient (Wildman–Crippen LogP) is -0.598. The third-order valence-electron chi connectivity index (χ3n) is 1.97. The number of aliphatic hydroxyl groups excluding tert-OH is 2. The van der Waals surface area contributed by atoms with Gasteiger partial charge in [-0.3, -0.25) is 0 Å². The molecule has 1 fully saturated rings. The second-order valence-electron chi connectivity index (χ2n) is 2.91. The van der Waals surface area contributed by atoms with Crippen LogP contribution in [0.3, 0.4) is 0 Å². The van der Waals surface area contributed by atoms with Crippen molar-refractivity contribution in [3.63, 3.8) is 0 Å². The van der Waals surface area contributed by atoms with Gasteiger partial charge in [0.2, 0.25) is 0 Å². The summed E-state index contributed by atoms with van der Waals surface area (Å²) in [5, 5.41) is 18.5. The summed E-state index contributed by atoms with van der Waals surface area (Å²) in [6.45, 7) is 1.99. The molecule has 0 aliphatic carbocycles. The normalized spacial score (nSPS) is 44.6. The molecule has 3 nitrogen and oxygen atoms in total. The van der Waals surface area contributed by atoms with Gasteiger partial charge in [-0.15, -0.1) is 0 Å². The highest BCUT2D eigenvalue weighted by Crippen LogP contribution is 2.22. The van der Waals surface area contributed by atoms with Crippen LogP contribution in [-0.2, 0) is 4.74 Å². The summed E-state index contributed by atoms with van der Waals surface area (Å²) in [6.07, 6.45) is -0.367. The van der Waals surface area contributed by atoms with Gasteiger partial charge in [-0.2, -0.15) is 0 Å². The van der Waals surface area contributed by atoms with E-state index in [-0.39, 0.29) is 6.10 Å². The smallest absolute Gasteiger partial charge is 0.112 e. The van der Waals surface area contributed by atoms with Crippen molar-refractivity contribution in [1.82, 2.24) is 0 Å². The molecule has 1 heterocycles. The highest BCUT2D eigenvalue weighted by molar-refractivity contribution is 6.11. The first-order chi connectivity index (χ1) is 5.16. The molecule has 4 unspecified atom stereocenters. The van der Waals surface area contributed by atoms with Crippen molar-refractivity contribution in [2.75, 3.05) is 0 Å². The summed E-state index contributed by atoms with van der Waals surface area (Å²) in [5.74, 6) is 0. The van der Waals surface area contributed by atoms with Gasteiger partial charge in [0.1, 0.15) is 14.0 Å². The van der Waals surface area contributed by atoms with Crippen molar-refractivity contribution in [3.8, 4) is 0 Å². The molecule has 1 aliphatic heterocycles. The number of hydrogen-bond acceptors (Lipinski definition) is 3. The molecular weight excluding hydrogens is 143 g/mol. The largest absolute Gasteiger partial charge is 0.388 e. The first kappa shape index (κ1) is 9.04. The molecule has 0 saturated carbocycles. The van der Waals surface area contributed by atoms with Crippen molar-refractivity contribution in [3.05, 3.63) is 0 Å². The summed E-state index contributed by atoms with van der Waals surface area (Å²) >= 11 is 0. The monoisotopic (exact) mass is 156 g/mol. The highest BCUT2D eigenvalue weighted by Gasteiger charge is 2.38. The van der Waals surface area contributed by atoms with E-state index in [4.69, 9.17) is 17.7 Å². The number of aliphatic hydroxyl groups is 2. The first-order valence-corrected chi connectivity index (χ1v) is 3.94. The Morgan fingerprint density at radius 3 is 2.36 bits per heavy atom. The van der Waals surface area contributed by atoms with E-state index in [0.717, 1.165) is 12.8 Å². The summed E-state index contributed by atoms with van der Waals surface area (Å²) in [5.41, 5.74) is 0. The van der Waals surface area contributed by atoms with Crippen LogP contribution in [0.25, 0.3) is 0 Å². The third-order valence-corrected chi connectivity index (χ3v) is 1.97. The van der Waals surface area contributed by atoms with Crippen molar-refractivity contribution in [2.24, 2.45) is 0 Å². The van der Waals surface area contributed by atoms with Gasteiger partial charge >= 0.3 is 0 Å². The maximum Gasteiger partial charge on any atom is 0.112 e. The highest BCUT2D eigenvalue weighted by atomic mass is 16.5. The van der Waals surface area contributed by atoms with Gasteiger partial charge in [0.05, 0.1) is 12.2 Å². The summed E-state index contributed by atoms with van der Waals surface area (Å²) in [7, 11) is 5.36. The van der Waals surface area contributed by atoms with Crippen LogP contribution < -0.4 is 0 Å². The van der Waals surface area contributed by atoms with Crippen LogP contribution in [0.4, 0.5) is 0 Å². The fraction of sp³-hybridized carbons (Fsp3) is 1.00. The Hall–Kier alpha value is -0.0551. The minimum absolute atomic E-state index is 0.287. The zero-order valence-corrected chi connectivity index (χ0v) is 6.60. The summed E-state index contributed by atoms with van der Waals surface area (Å²) in [4.78, 5) is 0. The third kappa shape index (κ3) is 1.75. The van der Waals surface area contributed by atoms with E-state index in [1.807, 2.05) is 6.92 Å². The van der Waals surface area contributed by atoms with E-state index in [1.165, 1.54) is 0 Å². The second-order valence-corrected chi connectivity index (χ2v) is 2.91. The van der Waals surface area contributed by atoms with Crippen LogP contribution in [0.15, 0.2) is 0 Å². The molecule has 0 aromatic carbocycles. The van der Waals surface area contributed by atoms with Gasteiger partial charge < -0.3 is 14.9 Å². The van der Waals surface area contributed by atoms with E-state index in [1.54, 1.807) is 0 Å². The van der Waals surface area contributed by atoms with Crippen molar-refractivity contribution in [2.45, 2.75) is 44.1 Å². The molecule has 1 aliphatic rings. The van der Waals surface area contributed by atoms with Gasteiger partial charge in [-0.1, -0.05) is 13.3 Å². The van der Waals surface area contributed by atoms with Gasteiger partial charge in [0, 0.05) is 6.00 Å². The molecule has 1 rings (SSSR count). The van der Waals surface area contributed by atoms with Crippen molar-refractivity contribution < 1.29 is 14.9 Å². The maximum atomic E-state index is 9.30. The van der Waals surface area contributed by atoms with Gasteiger partial charge in [0.15, 0.2) is 0 Å². The minimum Gasteiger partial charge on any atom is -0.388 e. The lowest BCUT2D eigenvalue weighted by Crippen LogP contribution is -2.32.